The van der Waals surface area contributed by atoms with Gasteiger partial charge in [0, 0.05) is 22.2 Å². The maximum absolute atomic E-state index is 13.5. The van der Waals surface area contributed by atoms with E-state index < -0.39 is 28.8 Å². The molecule has 0 saturated heterocycles. The number of ketones is 1. The molecule has 19 heavy (non-hydrogen) atoms. The molecule has 98 valence electrons. The third-order valence-electron chi connectivity index (χ3n) is 2.60. The van der Waals surface area contributed by atoms with Crippen molar-refractivity contribution in [2.45, 2.75) is 6.92 Å². The molecule has 0 radical (unpaired) electrons. The van der Waals surface area contributed by atoms with Crippen molar-refractivity contribution in [1.82, 2.24) is 0 Å². The summed E-state index contributed by atoms with van der Waals surface area (Å²) in [6, 6.07) is 5.74. The highest BCUT2D eigenvalue weighted by Crippen LogP contribution is 2.24. The first-order chi connectivity index (χ1) is 8.90. The summed E-state index contributed by atoms with van der Waals surface area (Å²) in [4.78, 5) is 12.1. The van der Waals surface area contributed by atoms with Crippen molar-refractivity contribution in [3.8, 4) is 0 Å². The molecular formula is C14H8BrF3O. The van der Waals surface area contributed by atoms with Crippen LogP contribution in [-0.2, 0) is 0 Å². The van der Waals surface area contributed by atoms with Crippen LogP contribution in [0.5, 0.6) is 0 Å². The summed E-state index contributed by atoms with van der Waals surface area (Å²) >= 11 is 3.17. The van der Waals surface area contributed by atoms with E-state index in [0.29, 0.717) is 16.6 Å². The molecule has 0 aromatic heterocycles. The number of carbonyl (C=O) groups is 1. The summed E-state index contributed by atoms with van der Waals surface area (Å²) in [5.41, 5.74) is 0.254. The van der Waals surface area contributed by atoms with Crippen molar-refractivity contribution >= 4 is 21.7 Å². The molecule has 1 nitrogen and oxygen atoms in total. The Bertz CT molecular complexity index is 645. The molecule has 2 aromatic rings. The van der Waals surface area contributed by atoms with Gasteiger partial charge in [0.2, 0.25) is 0 Å². The fourth-order valence-electron chi connectivity index (χ4n) is 1.70. The Morgan fingerprint density at radius 1 is 1.05 bits per heavy atom. The van der Waals surface area contributed by atoms with E-state index in [4.69, 9.17) is 0 Å². The minimum atomic E-state index is -1.21. The van der Waals surface area contributed by atoms with Crippen molar-refractivity contribution < 1.29 is 18.0 Å². The van der Waals surface area contributed by atoms with E-state index in [2.05, 4.69) is 15.9 Å². The minimum absolute atomic E-state index is 0.120. The van der Waals surface area contributed by atoms with Gasteiger partial charge < -0.3 is 0 Å². The van der Waals surface area contributed by atoms with E-state index in [1.807, 2.05) is 6.92 Å². The van der Waals surface area contributed by atoms with Crippen LogP contribution in [-0.4, -0.2) is 5.78 Å². The summed E-state index contributed by atoms with van der Waals surface area (Å²) in [6.07, 6.45) is 0. The van der Waals surface area contributed by atoms with Gasteiger partial charge >= 0.3 is 0 Å². The summed E-state index contributed by atoms with van der Waals surface area (Å²) in [7, 11) is 0. The molecule has 5 heteroatoms. The number of aryl methyl sites for hydroxylation is 1. The van der Waals surface area contributed by atoms with Gasteiger partial charge in [-0.1, -0.05) is 22.0 Å². The van der Waals surface area contributed by atoms with Crippen LogP contribution in [0.2, 0.25) is 0 Å². The Kier molecular flexibility index (Phi) is 3.75. The SMILES string of the molecule is Cc1ccc(C(=O)c2c(F)cc(F)cc2F)c(Br)c1. The average molecular weight is 329 g/mol. The van der Waals surface area contributed by atoms with Gasteiger partial charge in [0.1, 0.15) is 17.5 Å². The van der Waals surface area contributed by atoms with E-state index >= 15 is 0 Å². The smallest absolute Gasteiger partial charge is 0.200 e. The van der Waals surface area contributed by atoms with Crippen molar-refractivity contribution in [2.75, 3.05) is 0 Å². The molecule has 2 aromatic carbocycles. The predicted molar refractivity (Wildman–Crippen MR) is 68.6 cm³/mol. The molecule has 0 aliphatic heterocycles. The molecule has 0 heterocycles. The highest BCUT2D eigenvalue weighted by atomic mass is 79.9. The van der Waals surface area contributed by atoms with Crippen molar-refractivity contribution in [2.24, 2.45) is 0 Å². The van der Waals surface area contributed by atoms with Gasteiger partial charge in [0.25, 0.3) is 0 Å². The normalized spacial score (nSPS) is 10.6. The summed E-state index contributed by atoms with van der Waals surface area (Å²) in [5, 5.41) is 0. The Hall–Kier alpha value is -1.62. The van der Waals surface area contributed by atoms with Crippen LogP contribution in [0.4, 0.5) is 13.2 Å². The second-order valence-corrected chi connectivity index (χ2v) is 4.91. The lowest BCUT2D eigenvalue weighted by Gasteiger charge is -2.07. The number of rotatable bonds is 2. The summed E-state index contributed by atoms with van der Waals surface area (Å²) < 4.78 is 40.3. The van der Waals surface area contributed by atoms with E-state index in [1.165, 1.54) is 6.07 Å². The molecule has 0 aliphatic carbocycles. The zero-order valence-corrected chi connectivity index (χ0v) is 11.4. The fraction of sp³-hybridized carbons (Fsp3) is 0.0714. The molecule has 2 rings (SSSR count). The van der Waals surface area contributed by atoms with Crippen molar-refractivity contribution in [1.29, 1.82) is 0 Å². The zero-order valence-electron chi connectivity index (χ0n) is 9.81. The summed E-state index contributed by atoms with van der Waals surface area (Å²) in [6.45, 7) is 1.82. The topological polar surface area (TPSA) is 17.1 Å². The average Bonchev–Trinajstić information content (AvgIpc) is 2.26. The number of carbonyl (C=O) groups excluding carboxylic acids is 1. The van der Waals surface area contributed by atoms with Crippen LogP contribution >= 0.6 is 15.9 Å². The van der Waals surface area contributed by atoms with Gasteiger partial charge in [-0.3, -0.25) is 4.79 Å². The first-order valence-corrected chi connectivity index (χ1v) is 6.15. The van der Waals surface area contributed by atoms with Crippen LogP contribution in [0.1, 0.15) is 21.5 Å². The van der Waals surface area contributed by atoms with E-state index in [9.17, 15) is 18.0 Å². The van der Waals surface area contributed by atoms with Crippen LogP contribution in [0.3, 0.4) is 0 Å². The highest BCUT2D eigenvalue weighted by molar-refractivity contribution is 9.10. The monoisotopic (exact) mass is 328 g/mol. The molecule has 0 spiro atoms. The first-order valence-electron chi connectivity index (χ1n) is 5.35. The lowest BCUT2D eigenvalue weighted by atomic mass is 10.0. The molecule has 0 aliphatic rings. The Labute approximate surface area is 116 Å². The third-order valence-corrected chi connectivity index (χ3v) is 3.26. The van der Waals surface area contributed by atoms with Gasteiger partial charge in [-0.05, 0) is 24.6 Å². The molecule has 0 unspecified atom stereocenters. The Morgan fingerprint density at radius 3 is 2.16 bits per heavy atom. The zero-order chi connectivity index (χ0) is 14.2. The second-order valence-electron chi connectivity index (χ2n) is 4.06. The van der Waals surface area contributed by atoms with Crippen LogP contribution in [0.25, 0.3) is 0 Å². The van der Waals surface area contributed by atoms with Gasteiger partial charge in [-0.25, -0.2) is 13.2 Å². The second kappa shape index (κ2) is 5.17. The quantitative estimate of drug-likeness (QED) is 0.746. The van der Waals surface area contributed by atoms with E-state index in [0.717, 1.165) is 5.56 Å². The number of hydrogen-bond donors (Lipinski definition) is 0. The first kappa shape index (κ1) is 13.8. The molecular weight excluding hydrogens is 321 g/mol. The molecule has 0 atom stereocenters. The van der Waals surface area contributed by atoms with Crippen molar-refractivity contribution in [3.05, 3.63) is 68.9 Å². The lowest BCUT2D eigenvalue weighted by molar-refractivity contribution is 0.103. The minimum Gasteiger partial charge on any atom is -0.288 e. The van der Waals surface area contributed by atoms with Gasteiger partial charge in [0.05, 0.1) is 5.56 Å². The number of halogens is 4. The third kappa shape index (κ3) is 2.71. The van der Waals surface area contributed by atoms with E-state index in [1.54, 1.807) is 12.1 Å². The van der Waals surface area contributed by atoms with Crippen LogP contribution < -0.4 is 0 Å². The molecule has 0 saturated carbocycles. The number of hydrogen-bond acceptors (Lipinski definition) is 1. The molecule has 0 amide bonds. The van der Waals surface area contributed by atoms with E-state index in [-0.39, 0.29) is 5.56 Å². The maximum atomic E-state index is 13.5. The van der Waals surface area contributed by atoms with Crippen molar-refractivity contribution in [3.63, 3.8) is 0 Å². The summed E-state index contributed by atoms with van der Waals surface area (Å²) in [5.74, 6) is -4.32. The molecule has 0 fully saturated rings. The number of benzene rings is 2. The van der Waals surface area contributed by atoms with Crippen LogP contribution in [0.15, 0.2) is 34.8 Å². The van der Waals surface area contributed by atoms with Gasteiger partial charge in [-0.15, -0.1) is 0 Å². The predicted octanol–water partition coefficient (Wildman–Crippen LogP) is 4.41. The van der Waals surface area contributed by atoms with Gasteiger partial charge in [-0.2, -0.15) is 0 Å². The van der Waals surface area contributed by atoms with Gasteiger partial charge in [0.15, 0.2) is 5.78 Å². The Morgan fingerprint density at radius 2 is 1.63 bits per heavy atom. The molecule has 0 N–H and O–H groups in total. The standard InChI is InChI=1S/C14H8BrF3O/c1-7-2-3-9(10(15)4-7)14(19)13-11(17)5-8(16)6-12(13)18/h2-6H,1H3. The Balaban J connectivity index is 2.56. The fourth-order valence-corrected chi connectivity index (χ4v) is 2.37. The molecule has 0 bridgehead atoms. The maximum Gasteiger partial charge on any atom is 0.200 e. The highest BCUT2D eigenvalue weighted by Gasteiger charge is 2.22. The lowest BCUT2D eigenvalue weighted by Crippen LogP contribution is -2.09. The van der Waals surface area contributed by atoms with Crippen LogP contribution in [0, 0.1) is 24.4 Å². The largest absolute Gasteiger partial charge is 0.288 e.